The Morgan fingerprint density at radius 3 is 2.67 bits per heavy atom. The zero-order valence-electron chi connectivity index (χ0n) is 10.5. The molecule has 0 aromatic heterocycles. The Morgan fingerprint density at radius 2 is 2.17 bits per heavy atom. The first-order valence-corrected chi connectivity index (χ1v) is 5.95. The van der Waals surface area contributed by atoms with Gasteiger partial charge in [0, 0.05) is 5.69 Å². The first-order valence-electron chi connectivity index (χ1n) is 5.95. The van der Waals surface area contributed by atoms with Gasteiger partial charge in [0.1, 0.15) is 11.2 Å². The second kappa shape index (κ2) is 4.41. The predicted octanol–water partition coefficient (Wildman–Crippen LogP) is 3.01. The van der Waals surface area contributed by atoms with Gasteiger partial charge in [-0.1, -0.05) is 6.92 Å². The molecular formula is C14H15FN2O. The quantitative estimate of drug-likeness (QED) is 0.872. The van der Waals surface area contributed by atoms with E-state index in [0.717, 1.165) is 5.56 Å². The Balaban J connectivity index is 2.14. The fourth-order valence-corrected chi connectivity index (χ4v) is 2.52. The third kappa shape index (κ3) is 2.21. The average molecular weight is 246 g/mol. The minimum atomic E-state index is -0.931. The second-order valence-corrected chi connectivity index (χ2v) is 5.18. The Kier molecular flexibility index (Phi) is 3.08. The fraction of sp³-hybridized carbons (Fsp3) is 0.429. The third-order valence-corrected chi connectivity index (χ3v) is 3.34. The molecule has 1 aromatic carbocycles. The van der Waals surface area contributed by atoms with Gasteiger partial charge in [-0.25, -0.2) is 4.39 Å². The van der Waals surface area contributed by atoms with E-state index in [-0.39, 0.29) is 5.91 Å². The molecule has 1 saturated carbocycles. The molecule has 1 aromatic rings. The highest BCUT2D eigenvalue weighted by molar-refractivity contribution is 5.98. The molecule has 1 aliphatic rings. The van der Waals surface area contributed by atoms with Crippen LogP contribution in [0.1, 0.15) is 25.3 Å². The van der Waals surface area contributed by atoms with Gasteiger partial charge in [0.05, 0.1) is 6.07 Å². The molecule has 1 fully saturated rings. The monoisotopic (exact) mass is 246 g/mol. The van der Waals surface area contributed by atoms with E-state index in [9.17, 15) is 9.18 Å². The molecule has 94 valence electrons. The SMILES string of the molecule is Cc1cc(F)cc(NC(=O)C2(C#N)CC(C)C2)c1. The van der Waals surface area contributed by atoms with Crippen LogP contribution >= 0.6 is 0 Å². The van der Waals surface area contributed by atoms with Crippen LogP contribution in [0.2, 0.25) is 0 Å². The molecule has 0 radical (unpaired) electrons. The first-order chi connectivity index (χ1) is 8.45. The summed E-state index contributed by atoms with van der Waals surface area (Å²) in [6, 6.07) is 6.43. The lowest BCUT2D eigenvalue weighted by Gasteiger charge is -2.39. The lowest BCUT2D eigenvalue weighted by Crippen LogP contribution is -2.45. The van der Waals surface area contributed by atoms with Gasteiger partial charge in [0.25, 0.3) is 0 Å². The number of hydrogen-bond donors (Lipinski definition) is 1. The summed E-state index contributed by atoms with van der Waals surface area (Å²) in [5.74, 6) is -0.323. The van der Waals surface area contributed by atoms with E-state index in [4.69, 9.17) is 5.26 Å². The Labute approximate surface area is 106 Å². The van der Waals surface area contributed by atoms with Crippen molar-refractivity contribution < 1.29 is 9.18 Å². The Morgan fingerprint density at radius 1 is 1.50 bits per heavy atom. The zero-order valence-corrected chi connectivity index (χ0v) is 10.5. The van der Waals surface area contributed by atoms with Crippen LogP contribution in [0, 0.1) is 35.4 Å². The van der Waals surface area contributed by atoms with Gasteiger partial charge in [0.2, 0.25) is 5.91 Å². The molecule has 0 saturated heterocycles. The number of aryl methyl sites for hydroxylation is 1. The highest BCUT2D eigenvalue weighted by Gasteiger charge is 2.48. The molecule has 4 heteroatoms. The van der Waals surface area contributed by atoms with Gasteiger partial charge >= 0.3 is 0 Å². The van der Waals surface area contributed by atoms with Gasteiger partial charge in [-0.15, -0.1) is 0 Å². The Hall–Kier alpha value is -1.89. The molecule has 0 spiro atoms. The van der Waals surface area contributed by atoms with Crippen LogP contribution in [0.15, 0.2) is 18.2 Å². The largest absolute Gasteiger partial charge is 0.325 e. The molecule has 1 amide bonds. The van der Waals surface area contributed by atoms with E-state index >= 15 is 0 Å². The second-order valence-electron chi connectivity index (χ2n) is 5.18. The number of carbonyl (C=O) groups is 1. The molecule has 2 rings (SSSR count). The number of nitrogens with one attached hydrogen (secondary N) is 1. The predicted molar refractivity (Wildman–Crippen MR) is 66.2 cm³/mol. The fourth-order valence-electron chi connectivity index (χ4n) is 2.52. The number of carbonyl (C=O) groups excluding carboxylic acids is 1. The lowest BCUT2D eigenvalue weighted by atomic mass is 9.63. The minimum absolute atomic E-state index is 0.326. The van der Waals surface area contributed by atoms with Crippen molar-refractivity contribution in [1.29, 1.82) is 5.26 Å². The molecular weight excluding hydrogens is 231 g/mol. The number of amides is 1. The van der Waals surface area contributed by atoms with E-state index < -0.39 is 11.2 Å². The van der Waals surface area contributed by atoms with Crippen molar-refractivity contribution in [3.05, 3.63) is 29.6 Å². The van der Waals surface area contributed by atoms with Crippen LogP contribution in [0.4, 0.5) is 10.1 Å². The van der Waals surface area contributed by atoms with Crippen molar-refractivity contribution in [1.82, 2.24) is 0 Å². The topological polar surface area (TPSA) is 52.9 Å². The van der Waals surface area contributed by atoms with Gasteiger partial charge in [0.15, 0.2) is 0 Å². The van der Waals surface area contributed by atoms with E-state index in [2.05, 4.69) is 11.4 Å². The van der Waals surface area contributed by atoms with Gasteiger partial charge < -0.3 is 5.32 Å². The summed E-state index contributed by atoms with van der Waals surface area (Å²) in [7, 11) is 0. The highest BCUT2D eigenvalue weighted by Crippen LogP contribution is 2.45. The Bertz CT molecular complexity index is 507. The number of anilines is 1. The minimum Gasteiger partial charge on any atom is -0.325 e. The molecule has 0 atom stereocenters. The smallest absolute Gasteiger partial charge is 0.244 e. The van der Waals surface area contributed by atoms with Crippen molar-refractivity contribution in [3.8, 4) is 6.07 Å². The number of halogens is 1. The number of benzene rings is 1. The van der Waals surface area contributed by atoms with Crippen LogP contribution in [0.5, 0.6) is 0 Å². The van der Waals surface area contributed by atoms with Crippen LogP contribution in [0.3, 0.4) is 0 Å². The molecule has 0 heterocycles. The van der Waals surface area contributed by atoms with E-state index in [1.165, 1.54) is 12.1 Å². The molecule has 1 N–H and O–H groups in total. The van der Waals surface area contributed by atoms with E-state index in [1.54, 1.807) is 13.0 Å². The van der Waals surface area contributed by atoms with Crippen molar-refractivity contribution in [3.63, 3.8) is 0 Å². The van der Waals surface area contributed by atoms with Crippen LogP contribution in [-0.4, -0.2) is 5.91 Å². The van der Waals surface area contributed by atoms with Crippen molar-refractivity contribution in [2.75, 3.05) is 5.32 Å². The van der Waals surface area contributed by atoms with Crippen LogP contribution in [-0.2, 0) is 4.79 Å². The first kappa shape index (κ1) is 12.6. The van der Waals surface area contributed by atoms with E-state index in [0.29, 0.717) is 24.4 Å². The summed E-state index contributed by atoms with van der Waals surface area (Å²) in [6.45, 7) is 3.76. The molecule has 0 bridgehead atoms. The number of hydrogen-bond acceptors (Lipinski definition) is 2. The highest BCUT2D eigenvalue weighted by atomic mass is 19.1. The molecule has 1 aliphatic carbocycles. The summed E-state index contributed by atoms with van der Waals surface area (Å²) in [6.07, 6.45) is 1.15. The lowest BCUT2D eigenvalue weighted by molar-refractivity contribution is -0.128. The number of nitrogens with zero attached hydrogens (tertiary/aromatic N) is 1. The third-order valence-electron chi connectivity index (χ3n) is 3.34. The maximum absolute atomic E-state index is 13.2. The normalized spacial score (nSPS) is 26.0. The number of nitriles is 1. The van der Waals surface area contributed by atoms with Crippen molar-refractivity contribution >= 4 is 11.6 Å². The molecule has 18 heavy (non-hydrogen) atoms. The molecule has 0 aliphatic heterocycles. The molecule has 3 nitrogen and oxygen atoms in total. The summed E-state index contributed by atoms with van der Waals surface area (Å²) < 4.78 is 13.2. The standard InChI is InChI=1S/C14H15FN2O/c1-9-3-11(15)5-12(4-9)17-13(18)14(8-16)6-10(2)7-14/h3-5,10H,6-7H2,1-2H3,(H,17,18). The summed E-state index contributed by atoms with van der Waals surface area (Å²) >= 11 is 0. The van der Waals surface area contributed by atoms with Gasteiger partial charge in [-0.05, 0) is 49.4 Å². The van der Waals surface area contributed by atoms with Gasteiger partial charge in [-0.2, -0.15) is 5.26 Å². The molecule has 0 unspecified atom stereocenters. The maximum atomic E-state index is 13.2. The summed E-state index contributed by atoms with van der Waals surface area (Å²) in [5, 5.41) is 11.8. The summed E-state index contributed by atoms with van der Waals surface area (Å²) in [4.78, 5) is 12.1. The van der Waals surface area contributed by atoms with Crippen LogP contribution < -0.4 is 5.32 Å². The van der Waals surface area contributed by atoms with Crippen molar-refractivity contribution in [2.45, 2.75) is 26.7 Å². The van der Waals surface area contributed by atoms with Crippen LogP contribution in [0.25, 0.3) is 0 Å². The van der Waals surface area contributed by atoms with Crippen molar-refractivity contribution in [2.24, 2.45) is 11.3 Å². The average Bonchev–Trinajstić information content (AvgIpc) is 2.22. The maximum Gasteiger partial charge on any atom is 0.244 e. The van der Waals surface area contributed by atoms with E-state index in [1.807, 2.05) is 6.92 Å². The summed E-state index contributed by atoms with van der Waals surface area (Å²) in [5.41, 5.74) is 0.213. The van der Waals surface area contributed by atoms with Gasteiger partial charge in [-0.3, -0.25) is 4.79 Å². The number of rotatable bonds is 2. The zero-order chi connectivity index (χ0) is 13.3.